The van der Waals surface area contributed by atoms with E-state index in [-0.39, 0.29) is 11.9 Å². The molecule has 1 saturated heterocycles. The average molecular weight is 290 g/mol. The molecule has 21 heavy (non-hydrogen) atoms. The van der Waals surface area contributed by atoms with Crippen LogP contribution in [0.25, 0.3) is 0 Å². The van der Waals surface area contributed by atoms with Crippen LogP contribution in [-0.2, 0) is 0 Å². The Labute approximate surface area is 125 Å². The molecule has 1 aromatic carbocycles. The van der Waals surface area contributed by atoms with Gasteiger partial charge in [0.1, 0.15) is 0 Å². The summed E-state index contributed by atoms with van der Waals surface area (Å²) in [6.07, 6.45) is 0.785. The minimum atomic E-state index is -0.0264. The first-order valence-corrected chi connectivity index (χ1v) is 7.10. The lowest BCUT2D eigenvalue weighted by atomic mass is 10.1. The fraction of sp³-hybridized carbons (Fsp3) is 0.467. The summed E-state index contributed by atoms with van der Waals surface area (Å²) < 4.78 is 0. The van der Waals surface area contributed by atoms with Gasteiger partial charge in [0.05, 0.1) is 0 Å². The molecule has 0 aliphatic carbocycles. The summed E-state index contributed by atoms with van der Waals surface area (Å²) in [5, 5.41) is 0. The summed E-state index contributed by atoms with van der Waals surface area (Å²) in [4.78, 5) is 29.6. The molecule has 1 aliphatic rings. The minimum absolute atomic E-state index is 0.00625. The number of hydrogen-bond acceptors (Lipinski definition) is 3. The summed E-state index contributed by atoms with van der Waals surface area (Å²) in [6.45, 7) is 2.45. The number of nitrogen functional groups attached to an aromatic ring is 1. The zero-order valence-corrected chi connectivity index (χ0v) is 12.6. The highest BCUT2D eigenvalue weighted by atomic mass is 16.2. The lowest BCUT2D eigenvalue weighted by molar-refractivity contribution is 0.0761. The Bertz CT molecular complexity index is 530. The number of nitrogens with zero attached hydrogens (tertiary/aromatic N) is 3. The van der Waals surface area contributed by atoms with E-state index in [2.05, 4.69) is 0 Å². The van der Waals surface area contributed by atoms with Crippen molar-refractivity contribution in [2.45, 2.75) is 6.42 Å². The number of carbonyl (C=O) groups is 2. The van der Waals surface area contributed by atoms with Crippen molar-refractivity contribution in [2.24, 2.45) is 0 Å². The summed E-state index contributed by atoms with van der Waals surface area (Å²) in [5.74, 6) is -0.0264. The van der Waals surface area contributed by atoms with Gasteiger partial charge in [-0.25, -0.2) is 4.79 Å². The van der Waals surface area contributed by atoms with Gasteiger partial charge in [0, 0.05) is 51.5 Å². The van der Waals surface area contributed by atoms with Crippen LogP contribution < -0.4 is 5.73 Å². The third-order valence-electron chi connectivity index (χ3n) is 3.57. The van der Waals surface area contributed by atoms with Gasteiger partial charge in [-0.3, -0.25) is 4.79 Å². The number of anilines is 1. The number of carbonyl (C=O) groups excluding carboxylic acids is 2. The largest absolute Gasteiger partial charge is 0.399 e. The molecule has 0 unspecified atom stereocenters. The van der Waals surface area contributed by atoms with E-state index in [1.54, 1.807) is 53.1 Å². The smallest absolute Gasteiger partial charge is 0.319 e. The van der Waals surface area contributed by atoms with Gasteiger partial charge in [-0.2, -0.15) is 0 Å². The highest BCUT2D eigenvalue weighted by molar-refractivity contribution is 5.95. The van der Waals surface area contributed by atoms with E-state index in [9.17, 15) is 9.59 Å². The Morgan fingerprint density at radius 2 is 1.76 bits per heavy atom. The molecule has 0 atom stereocenters. The van der Waals surface area contributed by atoms with E-state index < -0.39 is 0 Å². The van der Waals surface area contributed by atoms with Gasteiger partial charge in [-0.15, -0.1) is 0 Å². The number of rotatable bonds is 1. The van der Waals surface area contributed by atoms with Gasteiger partial charge >= 0.3 is 6.03 Å². The quantitative estimate of drug-likeness (QED) is 0.787. The van der Waals surface area contributed by atoms with E-state index in [1.807, 2.05) is 0 Å². The second-order valence-electron chi connectivity index (χ2n) is 5.44. The van der Waals surface area contributed by atoms with E-state index in [0.29, 0.717) is 37.4 Å². The number of benzene rings is 1. The number of urea groups is 1. The Morgan fingerprint density at radius 3 is 2.43 bits per heavy atom. The number of nitrogens with two attached hydrogens (primary N) is 1. The standard InChI is InChI=1S/C15H22N4O2/c1-17(2)15(21)19-8-4-7-18(9-10-19)14(20)12-5-3-6-13(16)11-12/h3,5-6,11H,4,7-10,16H2,1-2H3. The molecule has 6 heteroatoms. The van der Waals surface area contributed by atoms with E-state index in [0.717, 1.165) is 6.42 Å². The topological polar surface area (TPSA) is 69.9 Å². The summed E-state index contributed by atoms with van der Waals surface area (Å²) >= 11 is 0. The minimum Gasteiger partial charge on any atom is -0.399 e. The molecule has 2 rings (SSSR count). The van der Waals surface area contributed by atoms with Crippen LogP contribution in [0.15, 0.2) is 24.3 Å². The van der Waals surface area contributed by atoms with Crippen molar-refractivity contribution in [3.05, 3.63) is 29.8 Å². The second-order valence-corrected chi connectivity index (χ2v) is 5.44. The molecule has 0 aromatic heterocycles. The van der Waals surface area contributed by atoms with Crippen molar-refractivity contribution in [2.75, 3.05) is 46.0 Å². The maximum atomic E-state index is 12.5. The Kier molecular flexibility index (Phi) is 4.67. The van der Waals surface area contributed by atoms with Crippen molar-refractivity contribution in [1.82, 2.24) is 14.7 Å². The molecule has 1 fully saturated rings. The predicted molar refractivity (Wildman–Crippen MR) is 82.0 cm³/mol. The normalized spacial score (nSPS) is 15.5. The first-order valence-electron chi connectivity index (χ1n) is 7.10. The van der Waals surface area contributed by atoms with E-state index in [1.165, 1.54) is 0 Å². The van der Waals surface area contributed by atoms with Crippen LogP contribution in [0.5, 0.6) is 0 Å². The first-order chi connectivity index (χ1) is 9.99. The van der Waals surface area contributed by atoms with Crippen LogP contribution >= 0.6 is 0 Å². The third-order valence-corrected chi connectivity index (χ3v) is 3.57. The maximum Gasteiger partial charge on any atom is 0.319 e. The Morgan fingerprint density at radius 1 is 1.10 bits per heavy atom. The molecule has 114 valence electrons. The molecule has 1 aliphatic heterocycles. The lowest BCUT2D eigenvalue weighted by Gasteiger charge is -2.25. The zero-order chi connectivity index (χ0) is 15.4. The molecule has 2 N–H and O–H groups in total. The van der Waals surface area contributed by atoms with Crippen LogP contribution in [0.1, 0.15) is 16.8 Å². The fourth-order valence-electron chi connectivity index (χ4n) is 2.45. The predicted octanol–water partition coefficient (Wildman–Crippen LogP) is 1.10. The molecule has 6 nitrogen and oxygen atoms in total. The SMILES string of the molecule is CN(C)C(=O)N1CCCN(C(=O)c2cccc(N)c2)CC1. The molecular weight excluding hydrogens is 268 g/mol. The van der Waals surface area contributed by atoms with Crippen LogP contribution in [0.4, 0.5) is 10.5 Å². The highest BCUT2D eigenvalue weighted by Gasteiger charge is 2.23. The average Bonchev–Trinajstić information content (AvgIpc) is 2.71. The molecule has 0 saturated carbocycles. The van der Waals surface area contributed by atoms with Crippen molar-refractivity contribution in [3.8, 4) is 0 Å². The molecule has 1 heterocycles. The third kappa shape index (κ3) is 3.65. The van der Waals surface area contributed by atoms with Crippen molar-refractivity contribution in [3.63, 3.8) is 0 Å². The summed E-state index contributed by atoms with van der Waals surface area (Å²) in [5.41, 5.74) is 6.91. The summed E-state index contributed by atoms with van der Waals surface area (Å²) in [7, 11) is 3.48. The molecule has 3 amide bonds. The Balaban J connectivity index is 2.03. The van der Waals surface area contributed by atoms with Crippen molar-refractivity contribution in [1.29, 1.82) is 0 Å². The lowest BCUT2D eigenvalue weighted by Crippen LogP contribution is -2.42. The molecule has 0 bridgehead atoms. The number of hydrogen-bond donors (Lipinski definition) is 1. The zero-order valence-electron chi connectivity index (χ0n) is 12.6. The first kappa shape index (κ1) is 15.2. The molecule has 0 spiro atoms. The van der Waals surface area contributed by atoms with Gasteiger partial charge in [0.2, 0.25) is 0 Å². The van der Waals surface area contributed by atoms with Crippen LogP contribution in [0, 0.1) is 0 Å². The Hall–Kier alpha value is -2.24. The van der Waals surface area contributed by atoms with Crippen LogP contribution in [0.2, 0.25) is 0 Å². The van der Waals surface area contributed by atoms with Gasteiger partial charge in [0.25, 0.3) is 5.91 Å². The van der Waals surface area contributed by atoms with Gasteiger partial charge in [0.15, 0.2) is 0 Å². The van der Waals surface area contributed by atoms with Gasteiger partial charge in [-0.05, 0) is 24.6 Å². The highest BCUT2D eigenvalue weighted by Crippen LogP contribution is 2.12. The van der Waals surface area contributed by atoms with Gasteiger partial charge < -0.3 is 20.4 Å². The fourth-order valence-corrected chi connectivity index (χ4v) is 2.45. The monoisotopic (exact) mass is 290 g/mol. The molecular formula is C15H22N4O2. The molecule has 1 aromatic rings. The van der Waals surface area contributed by atoms with Crippen molar-refractivity contribution < 1.29 is 9.59 Å². The maximum absolute atomic E-state index is 12.5. The van der Waals surface area contributed by atoms with Crippen LogP contribution in [0.3, 0.4) is 0 Å². The number of amides is 3. The molecule has 0 radical (unpaired) electrons. The van der Waals surface area contributed by atoms with Crippen LogP contribution in [-0.4, -0.2) is 66.9 Å². The van der Waals surface area contributed by atoms with E-state index >= 15 is 0 Å². The van der Waals surface area contributed by atoms with Gasteiger partial charge in [-0.1, -0.05) is 6.07 Å². The van der Waals surface area contributed by atoms with E-state index in [4.69, 9.17) is 5.73 Å². The van der Waals surface area contributed by atoms with Crippen molar-refractivity contribution >= 4 is 17.6 Å². The summed E-state index contributed by atoms with van der Waals surface area (Å²) in [6, 6.07) is 6.99. The second kappa shape index (κ2) is 6.47.